The maximum atomic E-state index is 11.6. The van der Waals surface area contributed by atoms with Crippen molar-refractivity contribution >= 4 is 16.0 Å². The monoisotopic (exact) mass is 385 g/mol. The summed E-state index contributed by atoms with van der Waals surface area (Å²) in [6.45, 7) is 11.9. The number of rotatable bonds is 7. The van der Waals surface area contributed by atoms with Gasteiger partial charge in [0.1, 0.15) is 0 Å². The Hall–Kier alpha value is -1.12. The summed E-state index contributed by atoms with van der Waals surface area (Å²) in [6.07, 6.45) is 7.26. The molecule has 7 nitrogen and oxygen atoms in total. The highest BCUT2D eigenvalue weighted by atomic mass is 32.2. The van der Waals surface area contributed by atoms with Gasteiger partial charge in [-0.15, -0.1) is 6.58 Å². The van der Waals surface area contributed by atoms with Crippen LogP contribution in [0.4, 0.5) is 0 Å². The van der Waals surface area contributed by atoms with Crippen LogP contribution < -0.4 is 10.6 Å². The lowest BCUT2D eigenvalue weighted by Gasteiger charge is -2.32. The zero-order valence-electron chi connectivity index (χ0n) is 16.3. The highest BCUT2D eigenvalue weighted by molar-refractivity contribution is 7.88. The number of guanidine groups is 1. The van der Waals surface area contributed by atoms with Crippen molar-refractivity contribution in [1.29, 1.82) is 0 Å². The minimum Gasteiger partial charge on any atom is -0.357 e. The third-order valence-electron chi connectivity index (χ3n) is 5.21. The molecule has 0 atom stereocenters. The number of piperidine rings is 2. The summed E-state index contributed by atoms with van der Waals surface area (Å²) < 4.78 is 24.8. The lowest BCUT2D eigenvalue weighted by molar-refractivity contribution is 0.225. The molecule has 2 fully saturated rings. The summed E-state index contributed by atoms with van der Waals surface area (Å²) in [4.78, 5) is 7.19. The highest BCUT2D eigenvalue weighted by Gasteiger charge is 2.25. The minimum absolute atomic E-state index is 0.456. The summed E-state index contributed by atoms with van der Waals surface area (Å²) in [6, 6.07) is 0.459. The second kappa shape index (κ2) is 10.3. The van der Waals surface area contributed by atoms with Crippen LogP contribution in [0, 0.1) is 5.92 Å². The minimum atomic E-state index is -3.05. The Kier molecular flexibility index (Phi) is 8.37. The number of nitrogens with one attached hydrogen (secondary N) is 2. The van der Waals surface area contributed by atoms with Crippen molar-refractivity contribution in [2.75, 3.05) is 52.1 Å². The Labute approximate surface area is 159 Å². The lowest BCUT2D eigenvalue weighted by Crippen LogP contribution is -2.49. The zero-order valence-corrected chi connectivity index (χ0v) is 17.1. The fourth-order valence-electron chi connectivity index (χ4n) is 3.60. The van der Waals surface area contributed by atoms with Crippen LogP contribution in [0.25, 0.3) is 0 Å². The van der Waals surface area contributed by atoms with E-state index in [-0.39, 0.29) is 0 Å². The summed E-state index contributed by atoms with van der Waals surface area (Å²) in [5.41, 5.74) is 0. The first kappa shape index (κ1) is 21.2. The van der Waals surface area contributed by atoms with Crippen molar-refractivity contribution in [1.82, 2.24) is 19.8 Å². The third kappa shape index (κ3) is 6.89. The van der Waals surface area contributed by atoms with Crippen LogP contribution >= 0.6 is 0 Å². The van der Waals surface area contributed by atoms with Crippen LogP contribution in [0.1, 0.15) is 32.6 Å². The quantitative estimate of drug-likeness (QED) is 0.386. The number of likely N-dealkylation sites (tertiary alicyclic amines) is 1. The molecule has 2 aliphatic rings. The van der Waals surface area contributed by atoms with Gasteiger partial charge in [0.05, 0.1) is 6.26 Å². The van der Waals surface area contributed by atoms with Crippen molar-refractivity contribution in [2.24, 2.45) is 10.9 Å². The zero-order chi connectivity index (χ0) is 19.0. The molecule has 0 saturated carbocycles. The maximum Gasteiger partial charge on any atom is 0.211 e. The molecule has 2 N–H and O–H groups in total. The molecule has 0 bridgehead atoms. The number of hydrogen-bond donors (Lipinski definition) is 2. The van der Waals surface area contributed by atoms with E-state index in [4.69, 9.17) is 4.99 Å². The number of nitrogens with zero attached hydrogens (tertiary/aromatic N) is 3. The maximum absolute atomic E-state index is 11.6. The van der Waals surface area contributed by atoms with E-state index in [0.29, 0.717) is 25.0 Å². The number of sulfonamides is 1. The average Bonchev–Trinajstić information content (AvgIpc) is 2.61. The molecule has 2 aliphatic heterocycles. The fourth-order valence-corrected chi connectivity index (χ4v) is 4.47. The van der Waals surface area contributed by atoms with Gasteiger partial charge in [0.15, 0.2) is 5.96 Å². The van der Waals surface area contributed by atoms with Crippen LogP contribution in [-0.2, 0) is 10.0 Å². The number of aliphatic imine (C=N–C) groups is 1. The Morgan fingerprint density at radius 1 is 1.19 bits per heavy atom. The molecule has 0 radical (unpaired) electrons. The van der Waals surface area contributed by atoms with Gasteiger partial charge in [-0.25, -0.2) is 12.7 Å². The highest BCUT2D eigenvalue weighted by Crippen LogP contribution is 2.19. The number of hydrogen-bond acceptors (Lipinski definition) is 4. The van der Waals surface area contributed by atoms with Crippen LogP contribution in [0.2, 0.25) is 0 Å². The normalized spacial score (nSPS) is 22.3. The first-order chi connectivity index (χ1) is 12.4. The van der Waals surface area contributed by atoms with E-state index in [1.807, 2.05) is 6.08 Å². The van der Waals surface area contributed by atoms with Gasteiger partial charge >= 0.3 is 0 Å². The van der Waals surface area contributed by atoms with Gasteiger partial charge in [0, 0.05) is 51.9 Å². The Morgan fingerprint density at radius 2 is 1.85 bits per heavy atom. The van der Waals surface area contributed by atoms with Gasteiger partial charge in [-0.1, -0.05) is 6.08 Å². The van der Waals surface area contributed by atoms with E-state index >= 15 is 0 Å². The van der Waals surface area contributed by atoms with E-state index < -0.39 is 10.0 Å². The molecule has 0 aromatic carbocycles. The molecule has 2 saturated heterocycles. The molecule has 26 heavy (non-hydrogen) atoms. The van der Waals surface area contributed by atoms with E-state index in [1.54, 1.807) is 4.31 Å². The van der Waals surface area contributed by atoms with Crippen molar-refractivity contribution in [3.05, 3.63) is 12.7 Å². The van der Waals surface area contributed by atoms with Crippen LogP contribution in [0.5, 0.6) is 0 Å². The van der Waals surface area contributed by atoms with Crippen molar-refractivity contribution < 1.29 is 8.42 Å². The van der Waals surface area contributed by atoms with Gasteiger partial charge in [0.25, 0.3) is 0 Å². The van der Waals surface area contributed by atoms with Crippen molar-refractivity contribution in [3.8, 4) is 0 Å². The summed E-state index contributed by atoms with van der Waals surface area (Å²) in [5.74, 6) is 1.35. The van der Waals surface area contributed by atoms with Gasteiger partial charge < -0.3 is 10.6 Å². The lowest BCUT2D eigenvalue weighted by atomic mass is 9.98. The van der Waals surface area contributed by atoms with E-state index in [0.717, 1.165) is 64.4 Å². The van der Waals surface area contributed by atoms with E-state index in [2.05, 4.69) is 29.0 Å². The molecule has 0 aromatic rings. The standard InChI is InChI=1S/C18H35N5O2S/c1-4-10-22-11-8-17(9-12-22)21-18(19-5-2)20-15-16-6-13-23(14-7-16)26(3,24)25/h4,16-17H,1,5-15H2,2-3H3,(H2,19,20,21). The first-order valence-electron chi connectivity index (χ1n) is 9.75. The summed E-state index contributed by atoms with van der Waals surface area (Å²) >= 11 is 0. The van der Waals surface area contributed by atoms with Crippen molar-refractivity contribution in [2.45, 2.75) is 38.6 Å². The largest absolute Gasteiger partial charge is 0.357 e. The Morgan fingerprint density at radius 3 is 2.38 bits per heavy atom. The van der Waals surface area contributed by atoms with Crippen LogP contribution in [-0.4, -0.2) is 81.7 Å². The fraction of sp³-hybridized carbons (Fsp3) is 0.833. The smallest absolute Gasteiger partial charge is 0.211 e. The molecule has 150 valence electrons. The first-order valence-corrected chi connectivity index (χ1v) is 11.6. The van der Waals surface area contributed by atoms with E-state index in [9.17, 15) is 8.42 Å². The van der Waals surface area contributed by atoms with Gasteiger partial charge in [-0.2, -0.15) is 0 Å². The molecule has 2 heterocycles. The molecule has 0 aliphatic carbocycles. The predicted octanol–water partition coefficient (Wildman–Crippen LogP) is 0.864. The molecule has 2 rings (SSSR count). The Bertz CT molecular complexity index is 562. The van der Waals surface area contributed by atoms with Crippen LogP contribution in [0.15, 0.2) is 17.6 Å². The van der Waals surface area contributed by atoms with Gasteiger partial charge in [-0.05, 0) is 38.5 Å². The second-order valence-corrected chi connectivity index (χ2v) is 9.32. The molecule has 0 spiro atoms. The molecule has 0 aromatic heterocycles. The molecular formula is C18H35N5O2S. The van der Waals surface area contributed by atoms with Crippen LogP contribution in [0.3, 0.4) is 0 Å². The SMILES string of the molecule is C=CCN1CCC(NC(=NCC2CCN(S(C)(=O)=O)CC2)NCC)CC1. The van der Waals surface area contributed by atoms with E-state index in [1.165, 1.54) is 6.26 Å². The van der Waals surface area contributed by atoms with Gasteiger partial charge in [-0.3, -0.25) is 9.89 Å². The molecular weight excluding hydrogens is 350 g/mol. The summed E-state index contributed by atoms with van der Waals surface area (Å²) in [7, 11) is -3.05. The second-order valence-electron chi connectivity index (χ2n) is 7.33. The predicted molar refractivity (Wildman–Crippen MR) is 108 cm³/mol. The molecule has 0 amide bonds. The van der Waals surface area contributed by atoms with Gasteiger partial charge in [0.2, 0.25) is 10.0 Å². The molecule has 0 unspecified atom stereocenters. The Balaban J connectivity index is 1.79. The topological polar surface area (TPSA) is 77.0 Å². The summed E-state index contributed by atoms with van der Waals surface area (Å²) in [5, 5.41) is 6.91. The third-order valence-corrected chi connectivity index (χ3v) is 6.51. The average molecular weight is 386 g/mol. The molecule has 8 heteroatoms. The van der Waals surface area contributed by atoms with Crippen molar-refractivity contribution in [3.63, 3.8) is 0 Å².